The standard InChI is InChI=1S/C25H38O4/c1-22-8-6-21-19(20(22)7-9-25(22)28-14-15-29-25)5-4-18-16-23(26-12-13-27-23)10-11-24(18,21)17-2-3-17/h17-21H,2-16H2,1H3. The molecule has 0 aromatic rings. The fourth-order valence-corrected chi connectivity index (χ4v) is 9.99. The highest BCUT2D eigenvalue weighted by atomic mass is 16.7. The summed E-state index contributed by atoms with van der Waals surface area (Å²) in [5, 5.41) is 0. The van der Waals surface area contributed by atoms with Crippen LogP contribution in [0.15, 0.2) is 0 Å². The largest absolute Gasteiger partial charge is 0.348 e. The van der Waals surface area contributed by atoms with E-state index < -0.39 is 0 Å². The Labute approximate surface area is 175 Å². The first kappa shape index (κ1) is 18.4. The second kappa shape index (κ2) is 5.99. The molecule has 29 heavy (non-hydrogen) atoms. The lowest BCUT2D eigenvalue weighted by atomic mass is 9.43. The number of rotatable bonds is 1. The number of ether oxygens (including phenoxy) is 4. The highest BCUT2D eigenvalue weighted by Crippen LogP contribution is 2.74. The molecule has 162 valence electrons. The Hall–Kier alpha value is -0.160. The predicted octanol–water partition coefficient (Wildman–Crippen LogP) is 4.91. The zero-order chi connectivity index (χ0) is 19.3. The van der Waals surface area contributed by atoms with Gasteiger partial charge in [0.05, 0.1) is 26.4 Å². The van der Waals surface area contributed by atoms with E-state index in [9.17, 15) is 0 Å². The van der Waals surface area contributed by atoms with Crippen molar-refractivity contribution in [1.82, 2.24) is 0 Å². The molecule has 2 spiro atoms. The Morgan fingerprint density at radius 3 is 2.07 bits per heavy atom. The molecule has 0 bridgehead atoms. The van der Waals surface area contributed by atoms with E-state index >= 15 is 0 Å². The van der Waals surface area contributed by atoms with Crippen molar-refractivity contribution in [3.05, 3.63) is 0 Å². The zero-order valence-corrected chi connectivity index (χ0v) is 18.1. The molecule has 0 aromatic heterocycles. The van der Waals surface area contributed by atoms with Gasteiger partial charge in [-0.05, 0) is 86.4 Å². The van der Waals surface area contributed by atoms with E-state index in [2.05, 4.69) is 6.92 Å². The molecule has 0 N–H and O–H groups in total. The average Bonchev–Trinajstić information content (AvgIpc) is 3.18. The van der Waals surface area contributed by atoms with Crippen molar-refractivity contribution in [2.24, 2.45) is 40.4 Å². The third-order valence-corrected chi connectivity index (χ3v) is 11.2. The summed E-state index contributed by atoms with van der Waals surface area (Å²) >= 11 is 0. The minimum Gasteiger partial charge on any atom is -0.348 e. The summed E-state index contributed by atoms with van der Waals surface area (Å²) in [4.78, 5) is 0. The van der Waals surface area contributed by atoms with Gasteiger partial charge in [-0.25, -0.2) is 0 Å². The predicted molar refractivity (Wildman–Crippen MR) is 108 cm³/mol. The fourth-order valence-electron chi connectivity index (χ4n) is 9.99. The summed E-state index contributed by atoms with van der Waals surface area (Å²) in [6.45, 7) is 5.73. The van der Waals surface area contributed by atoms with Gasteiger partial charge in [-0.2, -0.15) is 0 Å². The van der Waals surface area contributed by atoms with Crippen LogP contribution >= 0.6 is 0 Å². The third-order valence-electron chi connectivity index (χ3n) is 11.2. The van der Waals surface area contributed by atoms with Crippen LogP contribution in [-0.2, 0) is 18.9 Å². The Bertz CT molecular complexity index is 676. The van der Waals surface area contributed by atoms with Crippen LogP contribution in [-0.4, -0.2) is 38.0 Å². The van der Waals surface area contributed by atoms with Crippen LogP contribution in [0, 0.1) is 40.4 Å². The lowest BCUT2D eigenvalue weighted by Crippen LogP contribution is -2.60. The Morgan fingerprint density at radius 2 is 1.31 bits per heavy atom. The lowest BCUT2D eigenvalue weighted by Gasteiger charge is -2.63. The molecule has 2 heterocycles. The summed E-state index contributed by atoms with van der Waals surface area (Å²) in [7, 11) is 0. The van der Waals surface area contributed by atoms with Gasteiger partial charge in [0.2, 0.25) is 0 Å². The van der Waals surface area contributed by atoms with Crippen molar-refractivity contribution in [2.45, 2.75) is 89.1 Å². The van der Waals surface area contributed by atoms with Gasteiger partial charge >= 0.3 is 0 Å². The molecule has 7 fully saturated rings. The summed E-state index contributed by atoms with van der Waals surface area (Å²) in [5.74, 6) is 3.93. The van der Waals surface area contributed by atoms with Crippen LogP contribution in [0.3, 0.4) is 0 Å². The lowest BCUT2D eigenvalue weighted by molar-refractivity contribution is -0.262. The van der Waals surface area contributed by atoms with Gasteiger partial charge < -0.3 is 18.9 Å². The smallest absolute Gasteiger partial charge is 0.174 e. The average molecular weight is 403 g/mol. The normalized spacial score (nSPS) is 52.4. The summed E-state index contributed by atoms with van der Waals surface area (Å²) in [6, 6.07) is 0. The molecule has 6 unspecified atom stereocenters. The number of fused-ring (bicyclic) bond motifs is 6. The Balaban J connectivity index is 1.22. The molecule has 2 saturated heterocycles. The summed E-state index contributed by atoms with van der Waals surface area (Å²) < 4.78 is 25.1. The quantitative estimate of drug-likeness (QED) is 0.625. The maximum Gasteiger partial charge on any atom is 0.174 e. The van der Waals surface area contributed by atoms with Gasteiger partial charge in [0.25, 0.3) is 0 Å². The van der Waals surface area contributed by atoms with Gasteiger partial charge in [0.15, 0.2) is 11.6 Å². The first-order chi connectivity index (χ1) is 14.1. The molecule has 5 aliphatic carbocycles. The first-order valence-corrected chi connectivity index (χ1v) is 12.7. The number of hydrogen-bond donors (Lipinski definition) is 0. The molecule has 0 amide bonds. The van der Waals surface area contributed by atoms with Crippen LogP contribution in [0.4, 0.5) is 0 Å². The topological polar surface area (TPSA) is 36.9 Å². The van der Waals surface area contributed by atoms with E-state index in [4.69, 9.17) is 18.9 Å². The van der Waals surface area contributed by atoms with Crippen LogP contribution < -0.4 is 0 Å². The van der Waals surface area contributed by atoms with Crippen molar-refractivity contribution < 1.29 is 18.9 Å². The maximum atomic E-state index is 6.35. The van der Waals surface area contributed by atoms with E-state index in [1.165, 1.54) is 57.8 Å². The first-order valence-electron chi connectivity index (χ1n) is 12.7. The molecule has 0 aromatic carbocycles. The highest BCUT2D eigenvalue weighted by Gasteiger charge is 2.70. The van der Waals surface area contributed by atoms with Gasteiger partial charge in [-0.15, -0.1) is 0 Å². The van der Waals surface area contributed by atoms with Crippen molar-refractivity contribution in [3.63, 3.8) is 0 Å². The molecule has 4 heteroatoms. The van der Waals surface area contributed by atoms with Crippen molar-refractivity contribution in [3.8, 4) is 0 Å². The highest BCUT2D eigenvalue weighted by molar-refractivity contribution is 5.16. The second-order valence-corrected chi connectivity index (χ2v) is 11.8. The summed E-state index contributed by atoms with van der Waals surface area (Å²) in [5.41, 5.74) is 0.813. The van der Waals surface area contributed by atoms with Crippen LogP contribution in [0.25, 0.3) is 0 Å². The van der Waals surface area contributed by atoms with E-state index in [1.807, 2.05) is 0 Å². The molecule has 7 rings (SSSR count). The Kier molecular flexibility index (Phi) is 3.81. The molecule has 6 atom stereocenters. The van der Waals surface area contributed by atoms with Gasteiger partial charge in [0, 0.05) is 24.7 Å². The van der Waals surface area contributed by atoms with Gasteiger partial charge in [0.1, 0.15) is 0 Å². The van der Waals surface area contributed by atoms with Crippen molar-refractivity contribution >= 4 is 0 Å². The van der Waals surface area contributed by atoms with Gasteiger partial charge in [-0.3, -0.25) is 0 Å². The molecule has 5 saturated carbocycles. The fraction of sp³-hybridized carbons (Fsp3) is 1.00. The van der Waals surface area contributed by atoms with E-state index in [-0.39, 0.29) is 17.0 Å². The SMILES string of the molecule is CC12CCC3C(CCC4CC5(CCC43C3CC3)OCCO5)C1CCC21OCCO1. The summed E-state index contributed by atoms with van der Waals surface area (Å²) in [6.07, 6.45) is 14.6. The molecular weight excluding hydrogens is 364 g/mol. The maximum absolute atomic E-state index is 6.35. The molecule has 4 nitrogen and oxygen atoms in total. The minimum absolute atomic E-state index is 0.220. The van der Waals surface area contributed by atoms with Crippen LogP contribution in [0.5, 0.6) is 0 Å². The van der Waals surface area contributed by atoms with E-state index in [0.29, 0.717) is 5.41 Å². The molecule has 0 radical (unpaired) electrons. The minimum atomic E-state index is -0.256. The monoisotopic (exact) mass is 402 g/mol. The van der Waals surface area contributed by atoms with Gasteiger partial charge in [-0.1, -0.05) is 6.92 Å². The van der Waals surface area contributed by atoms with Crippen LogP contribution in [0.1, 0.15) is 77.6 Å². The molecular formula is C25H38O4. The molecule has 7 aliphatic rings. The van der Waals surface area contributed by atoms with E-state index in [0.717, 1.165) is 68.9 Å². The molecule has 2 aliphatic heterocycles. The third kappa shape index (κ3) is 2.25. The Morgan fingerprint density at radius 1 is 0.621 bits per heavy atom. The number of hydrogen-bond acceptors (Lipinski definition) is 4. The van der Waals surface area contributed by atoms with E-state index in [1.54, 1.807) is 0 Å². The zero-order valence-electron chi connectivity index (χ0n) is 18.1. The van der Waals surface area contributed by atoms with Crippen molar-refractivity contribution in [1.29, 1.82) is 0 Å². The second-order valence-electron chi connectivity index (χ2n) is 11.8. The van der Waals surface area contributed by atoms with Crippen molar-refractivity contribution in [2.75, 3.05) is 26.4 Å². The van der Waals surface area contributed by atoms with Crippen LogP contribution in [0.2, 0.25) is 0 Å².